The van der Waals surface area contributed by atoms with Crippen LogP contribution in [0.3, 0.4) is 0 Å². The number of pyridine rings is 2. The number of aryl methyl sites for hydroxylation is 1. The van der Waals surface area contributed by atoms with E-state index in [9.17, 15) is 18.8 Å². The maximum Gasteiger partial charge on any atom is 0.410 e. The lowest BCUT2D eigenvalue weighted by Crippen LogP contribution is -2.42. The van der Waals surface area contributed by atoms with Gasteiger partial charge in [0.05, 0.1) is 35.2 Å². The standard InChI is InChI=1S/C28H29F2N7O2S/c1-16-22(29)11-23(30)26(34-16)40-24-10-18(15-36-25(24)19(12-31)13-32-36)21-14-33-37(17(21)2)20-6-8-35(9-7-20)27(38)39-28(3,4)5/h10-11,13-15,20H,6-9H2,1-5H3. The van der Waals surface area contributed by atoms with E-state index in [1.807, 2.05) is 38.4 Å². The van der Waals surface area contributed by atoms with Gasteiger partial charge < -0.3 is 9.64 Å². The number of aromatic nitrogens is 5. The number of carbonyl (C=O) groups is 1. The normalized spacial score (nSPS) is 14.5. The molecule has 1 amide bonds. The molecule has 208 valence electrons. The van der Waals surface area contributed by atoms with Gasteiger partial charge in [0, 0.05) is 47.1 Å². The number of halogens is 2. The number of carbonyl (C=O) groups excluding carboxylic acids is 1. The SMILES string of the molecule is Cc1nc(Sc2cc(-c3cnn(C4CCN(C(=O)OC(C)(C)C)CC4)c3C)cn3ncc(C#N)c23)c(F)cc1F. The quantitative estimate of drug-likeness (QED) is 0.295. The Morgan fingerprint density at radius 1 is 1.12 bits per heavy atom. The summed E-state index contributed by atoms with van der Waals surface area (Å²) < 4.78 is 37.5. The van der Waals surface area contributed by atoms with Gasteiger partial charge in [0.1, 0.15) is 22.5 Å². The van der Waals surface area contributed by atoms with Crippen LogP contribution in [0.5, 0.6) is 0 Å². The molecule has 0 saturated carbocycles. The largest absolute Gasteiger partial charge is 0.444 e. The number of amides is 1. The van der Waals surface area contributed by atoms with Gasteiger partial charge in [0.15, 0.2) is 5.82 Å². The predicted molar refractivity (Wildman–Crippen MR) is 145 cm³/mol. The molecule has 0 unspecified atom stereocenters. The lowest BCUT2D eigenvalue weighted by atomic mass is 10.0. The van der Waals surface area contributed by atoms with Gasteiger partial charge in [-0.3, -0.25) is 4.68 Å². The molecule has 0 N–H and O–H groups in total. The second-order valence-electron chi connectivity index (χ2n) is 10.8. The Morgan fingerprint density at radius 2 is 1.85 bits per heavy atom. The average Bonchev–Trinajstić information content (AvgIpc) is 3.49. The number of nitrogens with zero attached hydrogens (tertiary/aromatic N) is 7. The Morgan fingerprint density at radius 3 is 2.52 bits per heavy atom. The van der Waals surface area contributed by atoms with Crippen LogP contribution in [0.25, 0.3) is 16.6 Å². The molecule has 1 saturated heterocycles. The minimum Gasteiger partial charge on any atom is -0.444 e. The van der Waals surface area contributed by atoms with Crippen molar-refractivity contribution in [3.63, 3.8) is 0 Å². The summed E-state index contributed by atoms with van der Waals surface area (Å²) >= 11 is 1.02. The Hall–Kier alpha value is -3.98. The summed E-state index contributed by atoms with van der Waals surface area (Å²) in [7, 11) is 0. The molecule has 0 atom stereocenters. The average molecular weight is 566 g/mol. The number of fused-ring (bicyclic) bond motifs is 1. The van der Waals surface area contributed by atoms with E-state index in [1.165, 1.54) is 13.1 Å². The molecule has 1 aliphatic heterocycles. The molecule has 0 aromatic carbocycles. The second kappa shape index (κ2) is 10.5. The smallest absolute Gasteiger partial charge is 0.410 e. The maximum absolute atomic E-state index is 14.6. The van der Waals surface area contributed by atoms with E-state index in [2.05, 4.69) is 21.3 Å². The molecule has 4 aromatic rings. The van der Waals surface area contributed by atoms with Crippen molar-refractivity contribution in [3.05, 3.63) is 59.3 Å². The lowest BCUT2D eigenvalue weighted by molar-refractivity contribution is 0.0184. The molecule has 5 rings (SSSR count). The van der Waals surface area contributed by atoms with Crippen molar-refractivity contribution in [3.8, 4) is 17.2 Å². The Kier molecular flexibility index (Phi) is 7.27. The van der Waals surface area contributed by atoms with Crippen LogP contribution < -0.4 is 0 Å². The minimum absolute atomic E-state index is 0.00667. The first kappa shape index (κ1) is 27.6. The molecular formula is C28H29F2N7O2S. The zero-order chi connectivity index (χ0) is 28.8. The fourth-order valence-corrected chi connectivity index (χ4v) is 5.83. The van der Waals surface area contributed by atoms with Crippen LogP contribution in [0.4, 0.5) is 13.6 Å². The highest BCUT2D eigenvalue weighted by Gasteiger charge is 2.29. The summed E-state index contributed by atoms with van der Waals surface area (Å²) in [6.07, 6.45) is 6.21. The molecule has 9 nitrogen and oxygen atoms in total. The molecule has 0 aliphatic carbocycles. The third-order valence-corrected chi connectivity index (χ3v) is 7.81. The van der Waals surface area contributed by atoms with Gasteiger partial charge in [-0.15, -0.1) is 0 Å². The summed E-state index contributed by atoms with van der Waals surface area (Å²) in [5.41, 5.74) is 2.95. The van der Waals surface area contributed by atoms with Crippen molar-refractivity contribution in [2.45, 2.75) is 69.0 Å². The molecule has 40 heavy (non-hydrogen) atoms. The molecule has 0 radical (unpaired) electrons. The van der Waals surface area contributed by atoms with Crippen LogP contribution in [-0.2, 0) is 4.74 Å². The number of likely N-dealkylation sites (tertiary alicyclic amines) is 1. The molecule has 1 fully saturated rings. The zero-order valence-electron chi connectivity index (χ0n) is 22.9. The number of rotatable bonds is 4. The first-order valence-electron chi connectivity index (χ1n) is 12.9. The molecule has 5 heterocycles. The second-order valence-corrected chi connectivity index (χ2v) is 11.8. The topological polar surface area (TPSA) is 101 Å². The number of piperidine rings is 1. The van der Waals surface area contributed by atoms with E-state index in [-0.39, 0.29) is 22.9 Å². The van der Waals surface area contributed by atoms with Gasteiger partial charge >= 0.3 is 6.09 Å². The minimum atomic E-state index is -0.781. The highest BCUT2D eigenvalue weighted by atomic mass is 32.2. The van der Waals surface area contributed by atoms with E-state index in [0.29, 0.717) is 29.1 Å². The highest BCUT2D eigenvalue weighted by Crippen LogP contribution is 2.37. The van der Waals surface area contributed by atoms with Crippen LogP contribution in [0.1, 0.15) is 56.6 Å². The fraction of sp³-hybridized carbons (Fsp3) is 0.393. The molecular weight excluding hydrogens is 536 g/mol. The van der Waals surface area contributed by atoms with Crippen LogP contribution >= 0.6 is 11.8 Å². The van der Waals surface area contributed by atoms with E-state index in [1.54, 1.807) is 21.8 Å². The molecule has 1 aliphatic rings. The van der Waals surface area contributed by atoms with Crippen LogP contribution in [0, 0.1) is 36.8 Å². The number of ether oxygens (including phenoxy) is 1. The summed E-state index contributed by atoms with van der Waals surface area (Å²) in [6, 6.07) is 4.90. The van der Waals surface area contributed by atoms with Gasteiger partial charge in [0.2, 0.25) is 0 Å². The monoisotopic (exact) mass is 565 g/mol. The Labute approximate surface area is 234 Å². The van der Waals surface area contributed by atoms with Gasteiger partial charge in [-0.25, -0.2) is 23.1 Å². The fourth-order valence-electron chi connectivity index (χ4n) is 4.80. The Bertz CT molecular complexity index is 1640. The van der Waals surface area contributed by atoms with Gasteiger partial charge in [-0.2, -0.15) is 15.5 Å². The maximum atomic E-state index is 14.6. The van der Waals surface area contributed by atoms with Crippen molar-refractivity contribution in [1.29, 1.82) is 5.26 Å². The van der Waals surface area contributed by atoms with Crippen LogP contribution in [0.15, 0.2) is 40.6 Å². The first-order chi connectivity index (χ1) is 18.9. The molecule has 0 bridgehead atoms. The number of hydrogen-bond acceptors (Lipinski definition) is 7. The van der Waals surface area contributed by atoms with Crippen molar-refractivity contribution in [2.24, 2.45) is 0 Å². The van der Waals surface area contributed by atoms with Crippen molar-refractivity contribution in [2.75, 3.05) is 13.1 Å². The van der Waals surface area contributed by atoms with Crippen molar-refractivity contribution >= 4 is 23.4 Å². The highest BCUT2D eigenvalue weighted by molar-refractivity contribution is 7.99. The Balaban J connectivity index is 1.45. The molecule has 0 spiro atoms. The third kappa shape index (κ3) is 5.38. The van der Waals surface area contributed by atoms with Gasteiger partial charge in [0.25, 0.3) is 0 Å². The summed E-state index contributed by atoms with van der Waals surface area (Å²) in [6.45, 7) is 10.2. The molecule has 4 aromatic heterocycles. The van der Waals surface area contributed by atoms with Gasteiger partial charge in [-0.1, -0.05) is 11.8 Å². The summed E-state index contributed by atoms with van der Waals surface area (Å²) in [4.78, 5) is 18.8. The lowest BCUT2D eigenvalue weighted by Gasteiger charge is -2.33. The van der Waals surface area contributed by atoms with E-state index >= 15 is 0 Å². The summed E-state index contributed by atoms with van der Waals surface area (Å²) in [5.74, 6) is -1.50. The van der Waals surface area contributed by atoms with Crippen LogP contribution in [-0.4, -0.2) is 54.1 Å². The number of nitriles is 1. The van der Waals surface area contributed by atoms with E-state index in [4.69, 9.17) is 4.74 Å². The third-order valence-electron chi connectivity index (χ3n) is 6.79. The van der Waals surface area contributed by atoms with Gasteiger partial charge in [-0.05, 0) is 53.5 Å². The predicted octanol–water partition coefficient (Wildman–Crippen LogP) is 6.08. The van der Waals surface area contributed by atoms with Crippen molar-refractivity contribution in [1.82, 2.24) is 29.3 Å². The van der Waals surface area contributed by atoms with Crippen LogP contribution in [0.2, 0.25) is 0 Å². The zero-order valence-corrected chi connectivity index (χ0v) is 23.7. The van der Waals surface area contributed by atoms with E-state index in [0.717, 1.165) is 47.5 Å². The first-order valence-corrected chi connectivity index (χ1v) is 13.7. The summed E-state index contributed by atoms with van der Waals surface area (Å²) in [5, 5.41) is 18.7. The van der Waals surface area contributed by atoms with Crippen molar-refractivity contribution < 1.29 is 18.3 Å². The number of hydrogen-bond donors (Lipinski definition) is 0. The van der Waals surface area contributed by atoms with E-state index < -0.39 is 17.2 Å². The molecule has 12 heteroatoms.